The summed E-state index contributed by atoms with van der Waals surface area (Å²) in [6, 6.07) is 20.4. The number of ketones is 1. The molecule has 2 aromatic carbocycles. The maximum atomic E-state index is 12.4. The number of carbonyl (C=O) groups excluding carboxylic acids is 1. The Morgan fingerprint density at radius 1 is 1.00 bits per heavy atom. The number of rotatable bonds is 9. The monoisotopic (exact) mass is 423 g/mol. The van der Waals surface area contributed by atoms with Crippen molar-refractivity contribution in [3.63, 3.8) is 0 Å². The minimum atomic E-state index is 0.0292. The van der Waals surface area contributed by atoms with Crippen LogP contribution in [0.25, 0.3) is 0 Å². The van der Waals surface area contributed by atoms with Crippen molar-refractivity contribution in [3.8, 4) is 11.5 Å². The molecular weight excluding hydrogens is 406 g/mol. The summed E-state index contributed by atoms with van der Waals surface area (Å²) >= 11 is 2.79. The normalized spacial score (nSPS) is 10.6. The fourth-order valence-corrected chi connectivity index (χ4v) is 4.10. The maximum absolute atomic E-state index is 12.4. The van der Waals surface area contributed by atoms with Gasteiger partial charge in [0.25, 0.3) is 0 Å². The van der Waals surface area contributed by atoms with Crippen LogP contribution in [0.2, 0.25) is 0 Å². The molecular formula is C21H17N3O3S2. The number of benzene rings is 2. The molecule has 4 rings (SSSR count). The van der Waals surface area contributed by atoms with Gasteiger partial charge in [0.2, 0.25) is 5.13 Å². The lowest BCUT2D eigenvalue weighted by atomic mass is 10.1. The second-order valence-corrected chi connectivity index (χ2v) is 8.16. The number of ether oxygens (including phenoxy) is 1. The van der Waals surface area contributed by atoms with E-state index in [1.807, 2.05) is 42.5 Å². The summed E-state index contributed by atoms with van der Waals surface area (Å²) in [7, 11) is 0. The molecule has 0 aliphatic heterocycles. The number of furan rings is 1. The van der Waals surface area contributed by atoms with Crippen LogP contribution in [-0.2, 0) is 6.54 Å². The second-order valence-electron chi connectivity index (χ2n) is 5.96. The van der Waals surface area contributed by atoms with Crippen molar-refractivity contribution in [1.82, 2.24) is 10.2 Å². The first kappa shape index (κ1) is 19.2. The molecule has 0 radical (unpaired) electrons. The molecule has 0 saturated heterocycles. The van der Waals surface area contributed by atoms with Crippen LogP contribution in [0.15, 0.2) is 81.8 Å². The molecule has 2 aromatic heterocycles. The van der Waals surface area contributed by atoms with Gasteiger partial charge in [-0.1, -0.05) is 41.3 Å². The number of para-hydroxylation sites is 1. The molecule has 6 nitrogen and oxygen atoms in total. The zero-order valence-corrected chi connectivity index (χ0v) is 16.9. The van der Waals surface area contributed by atoms with Crippen LogP contribution < -0.4 is 10.1 Å². The Bertz CT molecular complexity index is 1050. The molecule has 2 heterocycles. The molecule has 1 N–H and O–H groups in total. The van der Waals surface area contributed by atoms with E-state index in [2.05, 4.69) is 15.5 Å². The van der Waals surface area contributed by atoms with Crippen molar-refractivity contribution < 1.29 is 13.9 Å². The molecule has 146 valence electrons. The van der Waals surface area contributed by atoms with E-state index in [4.69, 9.17) is 9.15 Å². The van der Waals surface area contributed by atoms with E-state index in [0.717, 1.165) is 15.8 Å². The highest BCUT2D eigenvalue weighted by Crippen LogP contribution is 2.27. The van der Waals surface area contributed by atoms with Crippen molar-refractivity contribution in [2.24, 2.45) is 0 Å². The van der Waals surface area contributed by atoms with Gasteiger partial charge < -0.3 is 14.5 Å². The van der Waals surface area contributed by atoms with E-state index in [9.17, 15) is 4.79 Å². The van der Waals surface area contributed by atoms with Gasteiger partial charge in [-0.3, -0.25) is 4.79 Å². The van der Waals surface area contributed by atoms with E-state index < -0.39 is 0 Å². The van der Waals surface area contributed by atoms with Crippen LogP contribution >= 0.6 is 23.1 Å². The minimum Gasteiger partial charge on any atom is -0.467 e. The number of nitrogens with one attached hydrogen (secondary N) is 1. The highest BCUT2D eigenvalue weighted by molar-refractivity contribution is 8.01. The Balaban J connectivity index is 1.27. The first-order valence-corrected chi connectivity index (χ1v) is 10.7. The highest BCUT2D eigenvalue weighted by atomic mass is 32.2. The van der Waals surface area contributed by atoms with Crippen LogP contribution in [0.1, 0.15) is 16.1 Å². The molecule has 0 saturated carbocycles. The van der Waals surface area contributed by atoms with Gasteiger partial charge in [0.05, 0.1) is 18.6 Å². The Morgan fingerprint density at radius 2 is 1.79 bits per heavy atom. The molecule has 4 aromatic rings. The molecule has 8 heteroatoms. The predicted molar refractivity (Wildman–Crippen MR) is 114 cm³/mol. The summed E-state index contributed by atoms with van der Waals surface area (Å²) in [6.07, 6.45) is 1.63. The van der Waals surface area contributed by atoms with Gasteiger partial charge in [-0.2, -0.15) is 0 Å². The quantitative estimate of drug-likeness (QED) is 0.281. The average Bonchev–Trinajstić information content (AvgIpc) is 3.44. The Labute approximate surface area is 175 Å². The maximum Gasteiger partial charge on any atom is 0.206 e. The fourth-order valence-electron chi connectivity index (χ4n) is 2.46. The van der Waals surface area contributed by atoms with E-state index in [1.54, 1.807) is 30.5 Å². The van der Waals surface area contributed by atoms with E-state index in [0.29, 0.717) is 28.7 Å². The molecule has 0 atom stereocenters. The first-order valence-electron chi connectivity index (χ1n) is 8.85. The highest BCUT2D eigenvalue weighted by Gasteiger charge is 2.11. The lowest BCUT2D eigenvalue weighted by Gasteiger charge is -2.06. The van der Waals surface area contributed by atoms with Gasteiger partial charge in [-0.25, -0.2) is 0 Å². The third kappa shape index (κ3) is 5.46. The van der Waals surface area contributed by atoms with Gasteiger partial charge in [0, 0.05) is 5.56 Å². The third-order valence-electron chi connectivity index (χ3n) is 3.88. The minimum absolute atomic E-state index is 0.0292. The number of hydrogen-bond acceptors (Lipinski definition) is 8. The van der Waals surface area contributed by atoms with E-state index >= 15 is 0 Å². The van der Waals surface area contributed by atoms with Crippen molar-refractivity contribution in [2.45, 2.75) is 10.9 Å². The molecule has 29 heavy (non-hydrogen) atoms. The van der Waals surface area contributed by atoms with Crippen LogP contribution in [0.5, 0.6) is 11.5 Å². The zero-order chi connectivity index (χ0) is 19.9. The molecule has 0 fully saturated rings. The summed E-state index contributed by atoms with van der Waals surface area (Å²) in [5.74, 6) is 2.60. The SMILES string of the molecule is O=C(CSc1nnc(NCc2ccco2)s1)c1ccc(Oc2ccccc2)cc1. The number of anilines is 1. The largest absolute Gasteiger partial charge is 0.467 e. The van der Waals surface area contributed by atoms with Crippen molar-refractivity contribution in [3.05, 3.63) is 84.3 Å². The van der Waals surface area contributed by atoms with Gasteiger partial charge in [0.15, 0.2) is 10.1 Å². The van der Waals surface area contributed by atoms with Crippen LogP contribution in [0, 0.1) is 0 Å². The smallest absolute Gasteiger partial charge is 0.206 e. The number of aromatic nitrogens is 2. The summed E-state index contributed by atoms with van der Waals surface area (Å²) < 4.78 is 11.8. The third-order valence-corrected chi connectivity index (χ3v) is 5.90. The lowest BCUT2D eigenvalue weighted by Crippen LogP contribution is -2.02. The Morgan fingerprint density at radius 3 is 2.55 bits per heavy atom. The summed E-state index contributed by atoms with van der Waals surface area (Å²) in [6.45, 7) is 0.544. The number of carbonyl (C=O) groups is 1. The first-order chi connectivity index (χ1) is 14.3. The van der Waals surface area contributed by atoms with Crippen LogP contribution in [-0.4, -0.2) is 21.7 Å². The van der Waals surface area contributed by atoms with Gasteiger partial charge >= 0.3 is 0 Å². The van der Waals surface area contributed by atoms with E-state index in [-0.39, 0.29) is 5.78 Å². The second kappa shape index (κ2) is 9.40. The topological polar surface area (TPSA) is 77.3 Å². The summed E-state index contributed by atoms with van der Waals surface area (Å²) in [5.41, 5.74) is 0.638. The number of thioether (sulfide) groups is 1. The zero-order valence-electron chi connectivity index (χ0n) is 15.3. The Kier molecular flexibility index (Phi) is 6.23. The summed E-state index contributed by atoms with van der Waals surface area (Å²) in [4.78, 5) is 12.4. The number of Topliss-reactive ketones (excluding diaryl/α,β-unsaturated/α-hetero) is 1. The van der Waals surface area contributed by atoms with Crippen molar-refractivity contribution in [1.29, 1.82) is 0 Å². The average molecular weight is 424 g/mol. The van der Waals surface area contributed by atoms with Crippen molar-refractivity contribution >= 4 is 34.0 Å². The summed E-state index contributed by atoms with van der Waals surface area (Å²) in [5, 5.41) is 12.0. The Hall–Kier alpha value is -3.10. The van der Waals surface area contributed by atoms with Crippen molar-refractivity contribution in [2.75, 3.05) is 11.1 Å². The molecule has 0 spiro atoms. The molecule has 0 bridgehead atoms. The molecule has 0 unspecified atom stereocenters. The predicted octanol–water partition coefficient (Wildman–Crippen LogP) is 5.51. The van der Waals surface area contributed by atoms with Crippen LogP contribution in [0.4, 0.5) is 5.13 Å². The van der Waals surface area contributed by atoms with E-state index in [1.165, 1.54) is 23.1 Å². The molecule has 0 aliphatic rings. The number of nitrogens with zero attached hydrogens (tertiary/aromatic N) is 2. The molecule has 0 aliphatic carbocycles. The molecule has 0 amide bonds. The lowest BCUT2D eigenvalue weighted by molar-refractivity contribution is 0.102. The number of hydrogen-bond donors (Lipinski definition) is 1. The standard InChI is InChI=1S/C21H17N3O3S2/c25-19(15-8-10-17(11-9-15)27-16-5-2-1-3-6-16)14-28-21-24-23-20(29-21)22-13-18-7-4-12-26-18/h1-12H,13-14H2,(H,22,23). The van der Waals surface area contributed by atoms with Gasteiger partial charge in [-0.05, 0) is 48.5 Å². The van der Waals surface area contributed by atoms with Gasteiger partial charge in [-0.15, -0.1) is 10.2 Å². The van der Waals surface area contributed by atoms with Crippen LogP contribution in [0.3, 0.4) is 0 Å². The van der Waals surface area contributed by atoms with Gasteiger partial charge in [0.1, 0.15) is 17.3 Å². The fraction of sp³-hybridized carbons (Fsp3) is 0.0952.